The molecule has 0 radical (unpaired) electrons. The van der Waals surface area contributed by atoms with Crippen molar-refractivity contribution in [3.63, 3.8) is 0 Å². The van der Waals surface area contributed by atoms with Gasteiger partial charge in [-0.3, -0.25) is 0 Å². The van der Waals surface area contributed by atoms with E-state index in [-0.39, 0.29) is 12.1 Å². The minimum atomic E-state index is -0.222. The van der Waals surface area contributed by atoms with E-state index < -0.39 is 0 Å². The Morgan fingerprint density at radius 3 is 2.84 bits per heavy atom. The Morgan fingerprint density at radius 1 is 1.22 bits per heavy atom. The molecule has 4 heterocycles. The van der Waals surface area contributed by atoms with Crippen molar-refractivity contribution in [2.45, 2.75) is 32.9 Å². The molecule has 1 aromatic carbocycles. The van der Waals surface area contributed by atoms with Gasteiger partial charge in [-0.25, -0.2) is 19.7 Å². The Bertz CT molecular complexity index is 1130. The summed E-state index contributed by atoms with van der Waals surface area (Å²) in [5.41, 5.74) is 3.65. The fourth-order valence-corrected chi connectivity index (χ4v) is 4.27. The normalized spacial score (nSPS) is 17.4. The highest BCUT2D eigenvalue weighted by atomic mass is 16.5. The summed E-state index contributed by atoms with van der Waals surface area (Å²) in [7, 11) is 0. The van der Waals surface area contributed by atoms with Crippen LogP contribution in [0.4, 0.5) is 16.3 Å². The Labute approximate surface area is 186 Å². The van der Waals surface area contributed by atoms with Crippen LogP contribution in [0.25, 0.3) is 22.9 Å². The van der Waals surface area contributed by atoms with E-state index in [1.807, 2.05) is 43.6 Å². The summed E-state index contributed by atoms with van der Waals surface area (Å²) < 4.78 is 7.80. The SMILES string of the molecule is CCNC(=O)Nc1ccc(-c2nc3c(c(N4CCOCC4C)n2)CCn2ccnc2-3)cc1. The predicted octanol–water partition coefficient (Wildman–Crippen LogP) is 2.93. The third-order valence-corrected chi connectivity index (χ3v) is 5.89. The highest BCUT2D eigenvalue weighted by Gasteiger charge is 2.29. The molecule has 166 valence electrons. The van der Waals surface area contributed by atoms with Gasteiger partial charge in [-0.15, -0.1) is 0 Å². The molecule has 2 aliphatic rings. The van der Waals surface area contributed by atoms with E-state index in [2.05, 4.69) is 32.0 Å². The van der Waals surface area contributed by atoms with Crippen LogP contribution in [0.1, 0.15) is 19.4 Å². The lowest BCUT2D eigenvalue weighted by molar-refractivity contribution is 0.0984. The molecule has 1 atom stereocenters. The van der Waals surface area contributed by atoms with Gasteiger partial charge in [0, 0.05) is 48.8 Å². The van der Waals surface area contributed by atoms with E-state index in [0.29, 0.717) is 25.6 Å². The number of imidazole rings is 1. The zero-order valence-corrected chi connectivity index (χ0v) is 18.3. The van der Waals surface area contributed by atoms with Crippen molar-refractivity contribution >= 4 is 17.5 Å². The van der Waals surface area contributed by atoms with Gasteiger partial charge >= 0.3 is 6.03 Å². The Kier molecular flexibility index (Phi) is 5.48. The number of aryl methyl sites for hydroxylation is 1. The number of hydrogen-bond acceptors (Lipinski definition) is 6. The zero-order chi connectivity index (χ0) is 22.1. The molecule has 2 aromatic heterocycles. The first-order chi connectivity index (χ1) is 15.6. The molecule has 32 heavy (non-hydrogen) atoms. The second kappa shape index (κ2) is 8.58. The van der Waals surface area contributed by atoms with Crippen molar-refractivity contribution in [3.05, 3.63) is 42.2 Å². The third-order valence-electron chi connectivity index (χ3n) is 5.89. The number of rotatable bonds is 4. The first-order valence-corrected chi connectivity index (χ1v) is 11.1. The minimum Gasteiger partial charge on any atom is -0.377 e. The summed E-state index contributed by atoms with van der Waals surface area (Å²) in [6, 6.07) is 7.62. The number of anilines is 2. The van der Waals surface area contributed by atoms with Crippen molar-refractivity contribution in [2.24, 2.45) is 0 Å². The monoisotopic (exact) mass is 433 g/mol. The molecule has 5 rings (SSSR count). The quantitative estimate of drug-likeness (QED) is 0.657. The summed E-state index contributed by atoms with van der Waals surface area (Å²) >= 11 is 0. The van der Waals surface area contributed by atoms with Crippen LogP contribution in [0.5, 0.6) is 0 Å². The van der Waals surface area contributed by atoms with Crippen molar-refractivity contribution in [1.29, 1.82) is 0 Å². The number of nitrogens with one attached hydrogen (secondary N) is 2. The van der Waals surface area contributed by atoms with Crippen LogP contribution in [0.15, 0.2) is 36.7 Å². The molecule has 1 saturated heterocycles. The van der Waals surface area contributed by atoms with Gasteiger partial charge in [0.2, 0.25) is 0 Å². The van der Waals surface area contributed by atoms with Crippen molar-refractivity contribution in [2.75, 3.05) is 36.5 Å². The van der Waals surface area contributed by atoms with Gasteiger partial charge in [0.1, 0.15) is 11.5 Å². The summed E-state index contributed by atoms with van der Waals surface area (Å²) in [6.45, 7) is 7.67. The van der Waals surface area contributed by atoms with Crippen LogP contribution in [0.3, 0.4) is 0 Å². The van der Waals surface area contributed by atoms with E-state index in [1.165, 1.54) is 0 Å². The topological polar surface area (TPSA) is 97.2 Å². The average molecular weight is 434 g/mol. The van der Waals surface area contributed by atoms with Crippen LogP contribution >= 0.6 is 0 Å². The Morgan fingerprint density at radius 2 is 2.06 bits per heavy atom. The molecule has 9 heteroatoms. The maximum absolute atomic E-state index is 11.8. The van der Waals surface area contributed by atoms with Crippen molar-refractivity contribution in [1.82, 2.24) is 24.8 Å². The van der Waals surface area contributed by atoms with Gasteiger partial charge < -0.3 is 24.8 Å². The van der Waals surface area contributed by atoms with Gasteiger partial charge in [0.15, 0.2) is 11.6 Å². The summed E-state index contributed by atoms with van der Waals surface area (Å²) in [6.07, 6.45) is 4.69. The maximum Gasteiger partial charge on any atom is 0.319 e. The molecule has 2 amide bonds. The molecule has 1 unspecified atom stereocenters. The van der Waals surface area contributed by atoms with Crippen molar-refractivity contribution in [3.8, 4) is 22.9 Å². The van der Waals surface area contributed by atoms with Crippen LogP contribution < -0.4 is 15.5 Å². The fraction of sp³-hybridized carbons (Fsp3) is 0.391. The molecule has 0 aliphatic carbocycles. The number of morpholine rings is 1. The first-order valence-electron chi connectivity index (χ1n) is 11.1. The molecule has 0 saturated carbocycles. The second-order valence-corrected chi connectivity index (χ2v) is 8.07. The number of amides is 2. The van der Waals surface area contributed by atoms with Crippen LogP contribution in [-0.2, 0) is 17.7 Å². The molecular formula is C23H27N7O2. The fourth-order valence-electron chi connectivity index (χ4n) is 4.27. The third kappa shape index (κ3) is 3.80. The molecule has 2 aliphatic heterocycles. The Balaban J connectivity index is 1.55. The number of urea groups is 1. The summed E-state index contributed by atoms with van der Waals surface area (Å²) in [4.78, 5) is 28.7. The second-order valence-electron chi connectivity index (χ2n) is 8.07. The molecule has 0 bridgehead atoms. The maximum atomic E-state index is 11.8. The summed E-state index contributed by atoms with van der Waals surface area (Å²) in [5.74, 6) is 2.50. The molecule has 9 nitrogen and oxygen atoms in total. The predicted molar refractivity (Wildman–Crippen MR) is 123 cm³/mol. The molecule has 1 fully saturated rings. The number of ether oxygens (including phenoxy) is 1. The Hall–Kier alpha value is -3.46. The number of carbonyl (C=O) groups excluding carboxylic acids is 1. The largest absolute Gasteiger partial charge is 0.377 e. The number of benzene rings is 1. The number of aromatic nitrogens is 4. The molecular weight excluding hydrogens is 406 g/mol. The first kappa shape index (κ1) is 20.4. The lowest BCUT2D eigenvalue weighted by Gasteiger charge is -2.36. The lowest BCUT2D eigenvalue weighted by Crippen LogP contribution is -2.45. The number of carbonyl (C=O) groups is 1. The number of hydrogen-bond donors (Lipinski definition) is 2. The van der Waals surface area contributed by atoms with E-state index in [4.69, 9.17) is 14.7 Å². The smallest absolute Gasteiger partial charge is 0.319 e. The average Bonchev–Trinajstić information content (AvgIpc) is 3.29. The van der Waals surface area contributed by atoms with Crippen LogP contribution in [0, 0.1) is 0 Å². The van der Waals surface area contributed by atoms with Gasteiger partial charge in [0.25, 0.3) is 0 Å². The van der Waals surface area contributed by atoms with Gasteiger partial charge in [0.05, 0.1) is 19.3 Å². The summed E-state index contributed by atoms with van der Waals surface area (Å²) in [5, 5.41) is 5.55. The number of fused-ring (bicyclic) bond motifs is 3. The van der Waals surface area contributed by atoms with Crippen molar-refractivity contribution < 1.29 is 9.53 Å². The van der Waals surface area contributed by atoms with E-state index in [0.717, 1.165) is 53.7 Å². The lowest BCUT2D eigenvalue weighted by atomic mass is 10.0. The van der Waals surface area contributed by atoms with E-state index in [1.54, 1.807) is 0 Å². The van der Waals surface area contributed by atoms with E-state index in [9.17, 15) is 4.79 Å². The van der Waals surface area contributed by atoms with E-state index >= 15 is 0 Å². The zero-order valence-electron chi connectivity index (χ0n) is 18.3. The molecule has 0 spiro atoms. The van der Waals surface area contributed by atoms with Gasteiger partial charge in [-0.1, -0.05) is 0 Å². The highest BCUT2D eigenvalue weighted by Crippen LogP contribution is 2.35. The van der Waals surface area contributed by atoms with Crippen LogP contribution in [0.2, 0.25) is 0 Å². The van der Waals surface area contributed by atoms with Gasteiger partial charge in [-0.2, -0.15) is 0 Å². The standard InChI is InChI=1S/C23H27N7O2/c1-3-24-23(31)26-17-6-4-16(5-7-17)20-27-19-18(8-10-29-11-9-25-22(19)29)21(28-20)30-12-13-32-14-15(30)2/h4-7,9,11,15H,3,8,10,12-14H2,1-2H3,(H2,24,26,31). The molecule has 2 N–H and O–H groups in total. The van der Waals surface area contributed by atoms with Crippen LogP contribution in [-0.4, -0.2) is 57.9 Å². The van der Waals surface area contributed by atoms with Gasteiger partial charge in [-0.05, 0) is 44.5 Å². The highest BCUT2D eigenvalue weighted by molar-refractivity contribution is 5.89. The molecule has 3 aromatic rings. The minimum absolute atomic E-state index is 0.222. The number of nitrogens with zero attached hydrogens (tertiary/aromatic N) is 5.